The number of hydrogen-bond acceptors (Lipinski definition) is 7. The molecule has 0 saturated carbocycles. The van der Waals surface area contributed by atoms with E-state index in [0.29, 0.717) is 11.4 Å². The minimum absolute atomic E-state index is 0.0616. The van der Waals surface area contributed by atoms with Crippen LogP contribution < -0.4 is 15.1 Å². The molecule has 0 unspecified atom stereocenters. The molecule has 0 bridgehead atoms. The van der Waals surface area contributed by atoms with E-state index in [1.807, 2.05) is 12.1 Å². The Bertz CT molecular complexity index is 878. The number of carboxylic acid groups (broad SMARTS) is 1. The smallest absolute Gasteiger partial charge is 0.326 e. The average molecular weight is 444 g/mol. The quantitative estimate of drug-likeness (QED) is 0.379. The highest BCUT2D eigenvalue weighted by Gasteiger charge is 2.31. The minimum Gasteiger partial charge on any atom is -0.491 e. The van der Waals surface area contributed by atoms with Gasteiger partial charge in [-0.25, -0.2) is 5.01 Å². The van der Waals surface area contributed by atoms with Gasteiger partial charge >= 0.3 is 11.9 Å². The number of ether oxygens (including phenoxy) is 2. The van der Waals surface area contributed by atoms with Crippen LogP contribution in [0, 0.1) is 0 Å². The summed E-state index contributed by atoms with van der Waals surface area (Å²) < 4.78 is 10.8. The molecule has 0 spiro atoms. The second kappa shape index (κ2) is 12.3. The monoisotopic (exact) mass is 443 g/mol. The Morgan fingerprint density at radius 1 is 1.03 bits per heavy atom. The molecule has 0 fully saturated rings. The average Bonchev–Trinajstić information content (AvgIpc) is 2.80. The van der Waals surface area contributed by atoms with Gasteiger partial charge in [0.2, 0.25) is 0 Å². The van der Waals surface area contributed by atoms with Crippen molar-refractivity contribution in [1.29, 1.82) is 0 Å². The summed E-state index contributed by atoms with van der Waals surface area (Å²) >= 11 is 0. The standard InChI is InChI=1S/C23H29N3O6/c1-4-31-23(30)20(16-32-19-13-9-6-10-14-19)24-17(2)22(29)26(15-21(27)28)25(3)18-11-7-5-8-12-18/h5-14,17,20,24H,4,15-16H2,1-3H3,(H,27,28)/t17-,20-/m0/s1. The number of benzene rings is 2. The Hall–Kier alpha value is -3.59. The topological polar surface area (TPSA) is 108 Å². The Morgan fingerprint density at radius 2 is 1.62 bits per heavy atom. The number of carbonyl (C=O) groups is 3. The van der Waals surface area contributed by atoms with Crippen molar-refractivity contribution in [2.24, 2.45) is 0 Å². The number of carbonyl (C=O) groups excluding carboxylic acids is 2. The van der Waals surface area contributed by atoms with Crippen LogP contribution >= 0.6 is 0 Å². The van der Waals surface area contributed by atoms with Gasteiger partial charge in [-0.15, -0.1) is 0 Å². The zero-order valence-corrected chi connectivity index (χ0v) is 18.4. The van der Waals surface area contributed by atoms with Crippen molar-refractivity contribution in [2.45, 2.75) is 25.9 Å². The molecule has 2 N–H and O–H groups in total. The van der Waals surface area contributed by atoms with E-state index in [4.69, 9.17) is 9.47 Å². The molecule has 0 aliphatic heterocycles. The molecule has 2 rings (SSSR count). The molecule has 0 aliphatic carbocycles. The van der Waals surface area contributed by atoms with Gasteiger partial charge in [-0.3, -0.25) is 24.7 Å². The molecule has 0 heterocycles. The lowest BCUT2D eigenvalue weighted by atomic mass is 10.2. The van der Waals surface area contributed by atoms with Crippen molar-refractivity contribution in [3.63, 3.8) is 0 Å². The molecule has 2 atom stereocenters. The molecule has 2 aromatic carbocycles. The molecule has 32 heavy (non-hydrogen) atoms. The summed E-state index contributed by atoms with van der Waals surface area (Å²) in [7, 11) is 1.60. The fourth-order valence-electron chi connectivity index (χ4n) is 2.96. The molecule has 0 radical (unpaired) electrons. The molecule has 0 saturated heterocycles. The van der Waals surface area contributed by atoms with Gasteiger partial charge in [-0.05, 0) is 38.1 Å². The third kappa shape index (κ3) is 7.28. The maximum atomic E-state index is 13.1. The molecule has 172 valence electrons. The van der Waals surface area contributed by atoms with Crippen LogP contribution in [0.15, 0.2) is 60.7 Å². The Morgan fingerprint density at radius 3 is 2.19 bits per heavy atom. The van der Waals surface area contributed by atoms with E-state index in [-0.39, 0.29) is 13.2 Å². The van der Waals surface area contributed by atoms with Crippen molar-refractivity contribution in [1.82, 2.24) is 10.3 Å². The van der Waals surface area contributed by atoms with Gasteiger partial charge < -0.3 is 14.6 Å². The second-order valence-electron chi connectivity index (χ2n) is 6.97. The third-order valence-corrected chi connectivity index (χ3v) is 4.58. The summed E-state index contributed by atoms with van der Waals surface area (Å²) in [5, 5.41) is 14.8. The number of esters is 1. The Labute approximate surface area is 187 Å². The fraction of sp³-hybridized carbons (Fsp3) is 0.348. The van der Waals surface area contributed by atoms with Crippen LogP contribution in [-0.2, 0) is 19.1 Å². The number of amides is 1. The van der Waals surface area contributed by atoms with E-state index >= 15 is 0 Å². The summed E-state index contributed by atoms with van der Waals surface area (Å²) in [5.41, 5.74) is 0.642. The van der Waals surface area contributed by atoms with Gasteiger partial charge in [0.1, 0.15) is 24.9 Å². The highest BCUT2D eigenvalue weighted by molar-refractivity contribution is 5.87. The summed E-state index contributed by atoms with van der Waals surface area (Å²) in [6.07, 6.45) is 0. The Balaban J connectivity index is 2.14. The maximum Gasteiger partial charge on any atom is 0.326 e. The highest BCUT2D eigenvalue weighted by Crippen LogP contribution is 2.15. The van der Waals surface area contributed by atoms with Crippen molar-refractivity contribution in [3.05, 3.63) is 60.7 Å². The van der Waals surface area contributed by atoms with E-state index < -0.39 is 36.5 Å². The zero-order valence-electron chi connectivity index (χ0n) is 18.4. The van der Waals surface area contributed by atoms with Gasteiger partial charge in [0, 0.05) is 7.05 Å². The maximum absolute atomic E-state index is 13.1. The molecular formula is C23H29N3O6. The predicted octanol–water partition coefficient (Wildman–Crippen LogP) is 1.94. The van der Waals surface area contributed by atoms with Gasteiger partial charge in [-0.1, -0.05) is 36.4 Å². The van der Waals surface area contributed by atoms with Gasteiger partial charge in [-0.2, -0.15) is 0 Å². The number of nitrogens with one attached hydrogen (secondary N) is 1. The van der Waals surface area contributed by atoms with Crippen LogP contribution in [0.1, 0.15) is 13.8 Å². The molecular weight excluding hydrogens is 414 g/mol. The summed E-state index contributed by atoms with van der Waals surface area (Å²) in [4.78, 5) is 37.0. The van der Waals surface area contributed by atoms with Crippen LogP contribution in [-0.4, -0.2) is 66.9 Å². The number of rotatable bonds is 12. The van der Waals surface area contributed by atoms with E-state index in [1.165, 1.54) is 5.01 Å². The molecule has 1 amide bonds. The van der Waals surface area contributed by atoms with E-state index in [2.05, 4.69) is 5.32 Å². The highest BCUT2D eigenvalue weighted by atomic mass is 16.5. The lowest BCUT2D eigenvalue weighted by Crippen LogP contribution is -2.57. The van der Waals surface area contributed by atoms with E-state index in [1.54, 1.807) is 69.4 Å². The summed E-state index contributed by atoms with van der Waals surface area (Å²) in [6, 6.07) is 16.0. The second-order valence-corrected chi connectivity index (χ2v) is 6.97. The molecule has 9 nitrogen and oxygen atoms in total. The van der Waals surface area contributed by atoms with Crippen LogP contribution in [0.25, 0.3) is 0 Å². The largest absolute Gasteiger partial charge is 0.491 e. The predicted molar refractivity (Wildman–Crippen MR) is 119 cm³/mol. The normalized spacial score (nSPS) is 12.3. The summed E-state index contributed by atoms with van der Waals surface area (Å²) in [6.45, 7) is 2.82. The van der Waals surface area contributed by atoms with E-state index in [9.17, 15) is 19.5 Å². The van der Waals surface area contributed by atoms with Crippen molar-refractivity contribution < 1.29 is 29.0 Å². The Kier molecular flexibility index (Phi) is 9.49. The number of para-hydroxylation sites is 2. The zero-order chi connectivity index (χ0) is 23.5. The molecule has 0 aliphatic rings. The first-order valence-electron chi connectivity index (χ1n) is 10.3. The van der Waals surface area contributed by atoms with Crippen LogP contribution in [0.5, 0.6) is 5.75 Å². The number of nitrogens with zero attached hydrogens (tertiary/aromatic N) is 2. The fourth-order valence-corrected chi connectivity index (χ4v) is 2.96. The number of carboxylic acids is 1. The van der Waals surface area contributed by atoms with Crippen molar-refractivity contribution in [3.8, 4) is 5.75 Å². The van der Waals surface area contributed by atoms with Crippen LogP contribution in [0.4, 0.5) is 5.69 Å². The van der Waals surface area contributed by atoms with Gasteiger partial charge in [0.05, 0.1) is 18.3 Å². The van der Waals surface area contributed by atoms with Gasteiger partial charge in [0.15, 0.2) is 0 Å². The lowest BCUT2D eigenvalue weighted by molar-refractivity contribution is -0.149. The van der Waals surface area contributed by atoms with Crippen molar-refractivity contribution in [2.75, 3.05) is 31.8 Å². The number of aliphatic carboxylic acids is 1. The number of anilines is 1. The first-order valence-corrected chi connectivity index (χ1v) is 10.3. The first kappa shape index (κ1) is 24.7. The summed E-state index contributed by atoms with van der Waals surface area (Å²) in [5.74, 6) is -1.68. The minimum atomic E-state index is -1.16. The van der Waals surface area contributed by atoms with Crippen LogP contribution in [0.2, 0.25) is 0 Å². The van der Waals surface area contributed by atoms with Crippen LogP contribution in [0.3, 0.4) is 0 Å². The molecule has 2 aromatic rings. The van der Waals surface area contributed by atoms with Crippen molar-refractivity contribution >= 4 is 23.5 Å². The van der Waals surface area contributed by atoms with Gasteiger partial charge in [0.25, 0.3) is 5.91 Å². The first-order chi connectivity index (χ1) is 15.3. The number of hydrogen-bond donors (Lipinski definition) is 2. The molecule has 9 heteroatoms. The number of hydrazine groups is 1. The third-order valence-electron chi connectivity index (χ3n) is 4.58. The SMILES string of the molecule is CCOC(=O)[C@H](COc1ccccc1)N[C@@H](C)C(=O)N(CC(=O)O)N(C)c1ccccc1. The molecule has 0 aromatic heterocycles. The lowest BCUT2D eigenvalue weighted by Gasteiger charge is -2.35. The van der Waals surface area contributed by atoms with E-state index in [0.717, 1.165) is 5.01 Å².